The van der Waals surface area contributed by atoms with Crippen molar-refractivity contribution in [3.63, 3.8) is 0 Å². The zero-order valence-electron chi connectivity index (χ0n) is 14.2. The Morgan fingerprint density at radius 1 is 1.11 bits per heavy atom. The standard InChI is InChI=1S/C19H14F4N4O/c20-12-2-1-3-13(8-12)27-18(28)16-6-10(9-26-16)17(25)14-7-11(19(21,22)23)4-5-15(14)24/h1-9,25-26H,24H2,(H,27,28). The Morgan fingerprint density at radius 2 is 1.86 bits per heavy atom. The van der Waals surface area contributed by atoms with Gasteiger partial charge in [-0.3, -0.25) is 10.2 Å². The van der Waals surface area contributed by atoms with Crippen molar-refractivity contribution in [2.24, 2.45) is 0 Å². The van der Waals surface area contributed by atoms with Crippen LogP contribution in [0.1, 0.15) is 27.2 Å². The van der Waals surface area contributed by atoms with E-state index in [0.717, 1.165) is 24.3 Å². The summed E-state index contributed by atoms with van der Waals surface area (Å²) < 4.78 is 51.9. The lowest BCUT2D eigenvalue weighted by Gasteiger charge is -2.11. The molecule has 0 spiro atoms. The molecule has 0 radical (unpaired) electrons. The molecule has 144 valence electrons. The van der Waals surface area contributed by atoms with E-state index in [9.17, 15) is 22.4 Å². The number of aromatic nitrogens is 1. The predicted octanol–water partition coefficient (Wildman–Crippen LogP) is 4.42. The lowest BCUT2D eigenvalue weighted by Crippen LogP contribution is -2.12. The minimum absolute atomic E-state index is 0.00459. The van der Waals surface area contributed by atoms with Crippen LogP contribution in [0, 0.1) is 11.2 Å². The summed E-state index contributed by atoms with van der Waals surface area (Å²) in [6, 6.07) is 9.29. The number of nitrogens with one attached hydrogen (secondary N) is 3. The summed E-state index contributed by atoms with van der Waals surface area (Å²) in [6.45, 7) is 0. The first-order chi connectivity index (χ1) is 13.1. The Labute approximate surface area is 156 Å². The van der Waals surface area contributed by atoms with Crippen molar-refractivity contribution in [1.29, 1.82) is 5.41 Å². The average Bonchev–Trinajstić information content (AvgIpc) is 3.11. The van der Waals surface area contributed by atoms with Crippen molar-refractivity contribution in [2.75, 3.05) is 11.1 Å². The molecule has 0 atom stereocenters. The number of nitrogen functional groups attached to an aromatic ring is 1. The molecular formula is C19H14F4N4O. The zero-order valence-corrected chi connectivity index (χ0v) is 14.2. The quantitative estimate of drug-likeness (QED) is 0.301. The van der Waals surface area contributed by atoms with Crippen molar-refractivity contribution in [3.8, 4) is 0 Å². The highest BCUT2D eigenvalue weighted by molar-refractivity contribution is 6.15. The molecule has 0 saturated heterocycles. The molecule has 3 aromatic rings. The molecule has 0 bridgehead atoms. The molecule has 9 heteroatoms. The first-order valence-electron chi connectivity index (χ1n) is 7.96. The van der Waals surface area contributed by atoms with Gasteiger partial charge in [-0.1, -0.05) is 6.07 Å². The fraction of sp³-hybridized carbons (Fsp3) is 0.0526. The van der Waals surface area contributed by atoms with E-state index in [1.54, 1.807) is 0 Å². The molecule has 0 aliphatic carbocycles. The molecule has 1 aromatic heterocycles. The number of hydrogen-bond donors (Lipinski definition) is 4. The predicted molar refractivity (Wildman–Crippen MR) is 96.9 cm³/mol. The monoisotopic (exact) mass is 390 g/mol. The Kier molecular flexibility index (Phi) is 4.91. The molecule has 5 N–H and O–H groups in total. The Balaban J connectivity index is 1.84. The van der Waals surface area contributed by atoms with E-state index in [2.05, 4.69) is 10.3 Å². The van der Waals surface area contributed by atoms with Gasteiger partial charge in [0.2, 0.25) is 0 Å². The summed E-state index contributed by atoms with van der Waals surface area (Å²) in [5.74, 6) is -1.12. The van der Waals surface area contributed by atoms with Crippen LogP contribution in [-0.4, -0.2) is 16.6 Å². The van der Waals surface area contributed by atoms with E-state index in [0.29, 0.717) is 0 Å². The molecule has 3 rings (SSSR count). The number of carbonyl (C=O) groups is 1. The number of carbonyl (C=O) groups excluding carboxylic acids is 1. The lowest BCUT2D eigenvalue weighted by molar-refractivity contribution is -0.137. The molecule has 28 heavy (non-hydrogen) atoms. The number of benzene rings is 2. The number of nitrogens with two attached hydrogens (primary N) is 1. The van der Waals surface area contributed by atoms with Crippen LogP contribution in [0.4, 0.5) is 28.9 Å². The van der Waals surface area contributed by atoms with Gasteiger partial charge in [-0.2, -0.15) is 13.2 Å². The summed E-state index contributed by atoms with van der Waals surface area (Å²) >= 11 is 0. The molecule has 5 nitrogen and oxygen atoms in total. The minimum Gasteiger partial charge on any atom is -0.398 e. The summed E-state index contributed by atoms with van der Waals surface area (Å²) in [5, 5.41) is 10.6. The lowest BCUT2D eigenvalue weighted by atomic mass is 10.00. The van der Waals surface area contributed by atoms with E-state index in [1.165, 1.54) is 30.5 Å². The maximum absolute atomic E-state index is 13.2. The number of aromatic amines is 1. The van der Waals surface area contributed by atoms with E-state index >= 15 is 0 Å². The first-order valence-corrected chi connectivity index (χ1v) is 7.96. The molecule has 0 saturated carbocycles. The number of hydrogen-bond acceptors (Lipinski definition) is 3. The number of anilines is 2. The van der Waals surface area contributed by atoms with Gasteiger partial charge in [0.25, 0.3) is 5.91 Å². The van der Waals surface area contributed by atoms with Gasteiger partial charge >= 0.3 is 6.18 Å². The van der Waals surface area contributed by atoms with Crippen LogP contribution in [0.3, 0.4) is 0 Å². The van der Waals surface area contributed by atoms with Crippen molar-refractivity contribution in [2.45, 2.75) is 6.18 Å². The fourth-order valence-electron chi connectivity index (χ4n) is 2.54. The second-order valence-electron chi connectivity index (χ2n) is 5.94. The molecule has 0 aliphatic heterocycles. The fourth-order valence-corrected chi connectivity index (χ4v) is 2.54. The zero-order chi connectivity index (χ0) is 20.5. The third-order valence-corrected chi connectivity index (χ3v) is 3.95. The second-order valence-corrected chi connectivity index (χ2v) is 5.94. The topological polar surface area (TPSA) is 94.8 Å². The van der Waals surface area contributed by atoms with Gasteiger partial charge in [-0.25, -0.2) is 4.39 Å². The van der Waals surface area contributed by atoms with Crippen molar-refractivity contribution < 1.29 is 22.4 Å². The van der Waals surface area contributed by atoms with Gasteiger partial charge in [-0.15, -0.1) is 0 Å². The Morgan fingerprint density at radius 3 is 2.54 bits per heavy atom. The van der Waals surface area contributed by atoms with Gasteiger partial charge in [0.15, 0.2) is 0 Å². The maximum Gasteiger partial charge on any atom is 0.416 e. The van der Waals surface area contributed by atoms with Crippen LogP contribution < -0.4 is 11.1 Å². The van der Waals surface area contributed by atoms with Crippen LogP contribution in [0.15, 0.2) is 54.7 Å². The average molecular weight is 390 g/mol. The second kappa shape index (κ2) is 7.18. The van der Waals surface area contributed by atoms with Crippen molar-refractivity contribution in [1.82, 2.24) is 4.98 Å². The van der Waals surface area contributed by atoms with Gasteiger partial charge in [0.05, 0.1) is 11.3 Å². The molecular weight excluding hydrogens is 376 g/mol. The van der Waals surface area contributed by atoms with Gasteiger partial charge < -0.3 is 16.0 Å². The summed E-state index contributed by atoms with van der Waals surface area (Å²) in [7, 11) is 0. The number of amides is 1. The summed E-state index contributed by atoms with van der Waals surface area (Å²) in [6.07, 6.45) is -3.26. The highest BCUT2D eigenvalue weighted by atomic mass is 19.4. The smallest absolute Gasteiger partial charge is 0.398 e. The number of H-pyrrole nitrogens is 1. The number of alkyl halides is 3. The van der Waals surface area contributed by atoms with Crippen LogP contribution in [0.5, 0.6) is 0 Å². The van der Waals surface area contributed by atoms with Crippen molar-refractivity contribution in [3.05, 3.63) is 82.9 Å². The number of halogens is 4. The molecule has 1 amide bonds. The van der Waals surface area contributed by atoms with E-state index in [-0.39, 0.29) is 33.9 Å². The van der Waals surface area contributed by atoms with E-state index < -0.39 is 23.5 Å². The third-order valence-electron chi connectivity index (χ3n) is 3.95. The maximum atomic E-state index is 13.2. The largest absolute Gasteiger partial charge is 0.416 e. The summed E-state index contributed by atoms with van der Waals surface area (Å²) in [4.78, 5) is 14.9. The highest BCUT2D eigenvalue weighted by Crippen LogP contribution is 2.32. The molecule has 0 fully saturated rings. The molecule has 0 aliphatic rings. The van der Waals surface area contributed by atoms with E-state index in [1.807, 2.05) is 0 Å². The molecule has 1 heterocycles. The third kappa shape index (κ3) is 4.03. The normalized spacial score (nSPS) is 11.3. The molecule has 2 aromatic carbocycles. The van der Waals surface area contributed by atoms with Gasteiger partial charge in [0, 0.05) is 28.7 Å². The van der Waals surface area contributed by atoms with Crippen molar-refractivity contribution >= 4 is 23.0 Å². The van der Waals surface area contributed by atoms with Gasteiger partial charge in [0.1, 0.15) is 11.5 Å². The highest BCUT2D eigenvalue weighted by Gasteiger charge is 2.31. The van der Waals surface area contributed by atoms with Crippen LogP contribution in [0.2, 0.25) is 0 Å². The first kappa shape index (κ1) is 19.2. The summed E-state index contributed by atoms with van der Waals surface area (Å²) in [5.41, 5.74) is 4.88. The Bertz CT molecular complexity index is 1060. The van der Waals surface area contributed by atoms with Crippen LogP contribution in [0.25, 0.3) is 0 Å². The van der Waals surface area contributed by atoms with Crippen LogP contribution in [-0.2, 0) is 6.18 Å². The SMILES string of the molecule is N=C(c1c[nH]c(C(=O)Nc2cccc(F)c2)c1)c1cc(C(F)(F)F)ccc1N. The Hall–Kier alpha value is -3.62. The number of rotatable bonds is 4. The van der Waals surface area contributed by atoms with Gasteiger partial charge in [-0.05, 0) is 42.5 Å². The van der Waals surface area contributed by atoms with Crippen LogP contribution >= 0.6 is 0 Å². The minimum atomic E-state index is -4.57. The van der Waals surface area contributed by atoms with E-state index in [4.69, 9.17) is 11.1 Å². The molecule has 0 unspecified atom stereocenters.